The second-order valence-corrected chi connectivity index (χ2v) is 3.79. The average molecular weight is 237 g/mol. The van der Waals surface area contributed by atoms with Gasteiger partial charge in [0.25, 0.3) is 0 Å². The zero-order valence-electron chi connectivity index (χ0n) is 8.67. The summed E-state index contributed by atoms with van der Waals surface area (Å²) in [5.74, 6) is 0.225. The Hall–Kier alpha value is -1.61. The summed E-state index contributed by atoms with van der Waals surface area (Å²) in [6.45, 7) is 1.83. The van der Waals surface area contributed by atoms with Gasteiger partial charge in [-0.15, -0.1) is 0 Å². The first-order valence-electron chi connectivity index (χ1n) is 4.81. The van der Waals surface area contributed by atoms with E-state index in [1.54, 1.807) is 24.3 Å². The number of aryl methyl sites for hydroxylation is 1. The number of pyridine rings is 1. The number of rotatable bonds is 2. The Balaban J connectivity index is 2.34. The Morgan fingerprint density at radius 1 is 1.19 bits per heavy atom. The number of aromatic nitrogens is 1. The molecule has 0 atom stereocenters. The molecule has 2 nitrogen and oxygen atoms in total. The number of anilines is 2. The molecule has 2 aromatic rings. The fraction of sp³-hybridized carbons (Fsp3) is 0.0833. The van der Waals surface area contributed by atoms with E-state index in [9.17, 15) is 4.39 Å². The maximum absolute atomic E-state index is 13.5. The van der Waals surface area contributed by atoms with Crippen LogP contribution in [0.2, 0.25) is 5.15 Å². The van der Waals surface area contributed by atoms with Crippen molar-refractivity contribution in [1.29, 1.82) is 0 Å². The third kappa shape index (κ3) is 2.31. The molecule has 0 fully saturated rings. The van der Waals surface area contributed by atoms with E-state index >= 15 is 0 Å². The normalized spacial score (nSPS) is 10.2. The van der Waals surface area contributed by atoms with E-state index in [0.29, 0.717) is 16.7 Å². The van der Waals surface area contributed by atoms with Crippen LogP contribution in [0, 0.1) is 12.7 Å². The molecule has 0 saturated carbocycles. The molecular formula is C12H10ClFN2. The Kier molecular flexibility index (Phi) is 3.06. The molecule has 0 radical (unpaired) electrons. The van der Waals surface area contributed by atoms with Gasteiger partial charge in [0, 0.05) is 0 Å². The van der Waals surface area contributed by atoms with E-state index in [1.807, 2.05) is 13.0 Å². The highest BCUT2D eigenvalue weighted by atomic mass is 35.5. The largest absolute Gasteiger partial charge is 0.338 e. The van der Waals surface area contributed by atoms with Crippen LogP contribution in [-0.4, -0.2) is 4.98 Å². The van der Waals surface area contributed by atoms with E-state index in [4.69, 9.17) is 11.6 Å². The number of para-hydroxylation sites is 1. The zero-order chi connectivity index (χ0) is 11.5. The standard InChI is InChI=1S/C12H10ClFN2/c1-8-4-2-5-9(14)12(8)16-11-7-3-6-10(13)15-11/h2-7H,1H3,(H,15,16). The molecule has 0 saturated heterocycles. The van der Waals surface area contributed by atoms with E-state index in [-0.39, 0.29) is 5.82 Å². The van der Waals surface area contributed by atoms with Crippen LogP contribution in [0.5, 0.6) is 0 Å². The minimum absolute atomic E-state index is 0.304. The van der Waals surface area contributed by atoms with Gasteiger partial charge < -0.3 is 5.32 Å². The van der Waals surface area contributed by atoms with Crippen molar-refractivity contribution >= 4 is 23.1 Å². The molecule has 16 heavy (non-hydrogen) atoms. The van der Waals surface area contributed by atoms with Gasteiger partial charge in [-0.2, -0.15) is 0 Å². The van der Waals surface area contributed by atoms with Crippen LogP contribution in [0.15, 0.2) is 36.4 Å². The lowest BCUT2D eigenvalue weighted by Crippen LogP contribution is -1.98. The lowest BCUT2D eigenvalue weighted by molar-refractivity contribution is 0.631. The second-order valence-electron chi connectivity index (χ2n) is 3.40. The number of hydrogen-bond acceptors (Lipinski definition) is 2. The summed E-state index contributed by atoms with van der Waals surface area (Å²) in [5, 5.41) is 3.28. The maximum atomic E-state index is 13.5. The molecule has 1 aromatic carbocycles. The molecule has 0 amide bonds. The quantitative estimate of drug-likeness (QED) is 0.800. The molecule has 1 N–H and O–H groups in total. The minimum Gasteiger partial charge on any atom is -0.338 e. The third-order valence-corrected chi connectivity index (χ3v) is 2.40. The topological polar surface area (TPSA) is 24.9 Å². The summed E-state index contributed by atoms with van der Waals surface area (Å²) in [7, 11) is 0. The molecular weight excluding hydrogens is 227 g/mol. The molecule has 0 bridgehead atoms. The predicted octanol–water partition coefficient (Wildman–Crippen LogP) is 3.93. The van der Waals surface area contributed by atoms with Gasteiger partial charge in [0.1, 0.15) is 16.8 Å². The number of halogens is 2. The smallest absolute Gasteiger partial charge is 0.146 e. The number of nitrogens with zero attached hydrogens (tertiary/aromatic N) is 1. The van der Waals surface area contributed by atoms with Gasteiger partial charge in [0.2, 0.25) is 0 Å². The summed E-state index contributed by atoms with van der Waals surface area (Å²) in [6.07, 6.45) is 0. The van der Waals surface area contributed by atoms with Crippen molar-refractivity contribution in [2.75, 3.05) is 5.32 Å². The van der Waals surface area contributed by atoms with Crippen molar-refractivity contribution in [1.82, 2.24) is 4.98 Å². The lowest BCUT2D eigenvalue weighted by Gasteiger charge is -2.09. The lowest BCUT2D eigenvalue weighted by atomic mass is 10.2. The van der Waals surface area contributed by atoms with E-state index in [0.717, 1.165) is 5.56 Å². The summed E-state index contributed by atoms with van der Waals surface area (Å²) in [4.78, 5) is 4.04. The van der Waals surface area contributed by atoms with Crippen molar-refractivity contribution in [3.63, 3.8) is 0 Å². The SMILES string of the molecule is Cc1cccc(F)c1Nc1cccc(Cl)n1. The van der Waals surface area contributed by atoms with Gasteiger partial charge in [-0.3, -0.25) is 0 Å². The van der Waals surface area contributed by atoms with Crippen LogP contribution in [0.4, 0.5) is 15.9 Å². The summed E-state index contributed by atoms with van der Waals surface area (Å²) in [6, 6.07) is 10.1. The van der Waals surface area contributed by atoms with E-state index < -0.39 is 0 Å². The van der Waals surface area contributed by atoms with Gasteiger partial charge in [-0.25, -0.2) is 9.37 Å². The number of benzene rings is 1. The zero-order valence-corrected chi connectivity index (χ0v) is 9.42. The first-order chi connectivity index (χ1) is 7.66. The van der Waals surface area contributed by atoms with Crippen LogP contribution in [0.1, 0.15) is 5.56 Å². The third-order valence-electron chi connectivity index (χ3n) is 2.19. The Labute approximate surface area is 98.1 Å². The van der Waals surface area contributed by atoms with E-state index in [1.165, 1.54) is 6.07 Å². The molecule has 1 aromatic heterocycles. The highest BCUT2D eigenvalue weighted by Gasteiger charge is 2.05. The molecule has 0 unspecified atom stereocenters. The van der Waals surface area contributed by atoms with Gasteiger partial charge in [0.05, 0.1) is 5.69 Å². The van der Waals surface area contributed by atoms with Crippen molar-refractivity contribution in [3.8, 4) is 0 Å². The molecule has 0 aliphatic heterocycles. The fourth-order valence-electron chi connectivity index (χ4n) is 1.40. The molecule has 2 rings (SSSR count). The Bertz CT molecular complexity index is 494. The van der Waals surface area contributed by atoms with Crippen LogP contribution in [-0.2, 0) is 0 Å². The van der Waals surface area contributed by atoms with E-state index in [2.05, 4.69) is 10.3 Å². The van der Waals surface area contributed by atoms with Gasteiger partial charge >= 0.3 is 0 Å². The van der Waals surface area contributed by atoms with Crippen LogP contribution in [0.25, 0.3) is 0 Å². The van der Waals surface area contributed by atoms with Crippen molar-refractivity contribution in [2.24, 2.45) is 0 Å². The van der Waals surface area contributed by atoms with Crippen LogP contribution < -0.4 is 5.32 Å². The number of hydrogen-bond donors (Lipinski definition) is 1. The number of nitrogens with one attached hydrogen (secondary N) is 1. The summed E-state index contributed by atoms with van der Waals surface area (Å²) < 4.78 is 13.5. The molecule has 4 heteroatoms. The fourth-order valence-corrected chi connectivity index (χ4v) is 1.56. The van der Waals surface area contributed by atoms with Crippen LogP contribution >= 0.6 is 11.6 Å². The van der Waals surface area contributed by atoms with Gasteiger partial charge in [-0.05, 0) is 30.7 Å². The monoisotopic (exact) mass is 236 g/mol. The highest BCUT2D eigenvalue weighted by Crippen LogP contribution is 2.23. The predicted molar refractivity (Wildman–Crippen MR) is 63.7 cm³/mol. The first-order valence-corrected chi connectivity index (χ1v) is 5.19. The second kappa shape index (κ2) is 4.49. The average Bonchev–Trinajstić information content (AvgIpc) is 2.24. The van der Waals surface area contributed by atoms with Crippen LogP contribution in [0.3, 0.4) is 0 Å². The van der Waals surface area contributed by atoms with Gasteiger partial charge in [-0.1, -0.05) is 29.8 Å². The molecule has 0 spiro atoms. The molecule has 0 aliphatic rings. The highest BCUT2D eigenvalue weighted by molar-refractivity contribution is 6.29. The maximum Gasteiger partial charge on any atom is 0.146 e. The minimum atomic E-state index is -0.304. The molecule has 0 aliphatic carbocycles. The summed E-state index contributed by atoms with van der Waals surface area (Å²) >= 11 is 5.75. The van der Waals surface area contributed by atoms with Crippen molar-refractivity contribution in [3.05, 3.63) is 52.9 Å². The Morgan fingerprint density at radius 3 is 2.62 bits per heavy atom. The summed E-state index contributed by atoms with van der Waals surface area (Å²) in [5.41, 5.74) is 1.25. The Morgan fingerprint density at radius 2 is 1.94 bits per heavy atom. The van der Waals surface area contributed by atoms with Crippen molar-refractivity contribution in [2.45, 2.75) is 6.92 Å². The van der Waals surface area contributed by atoms with Gasteiger partial charge in [0.15, 0.2) is 0 Å². The van der Waals surface area contributed by atoms with Crippen molar-refractivity contribution < 1.29 is 4.39 Å². The molecule has 82 valence electrons. The first kappa shape index (κ1) is 10.9. The molecule has 1 heterocycles.